The van der Waals surface area contributed by atoms with Crippen LogP contribution < -0.4 is 0 Å². The zero-order chi connectivity index (χ0) is 17.3. The molecule has 3 rings (SSSR count). The third-order valence-electron chi connectivity index (χ3n) is 3.73. The standard InChI is InChI=1S/C18H12F3NO2/c19-18(20,21)14-3-1-2-11(9-14)8-12-6-7-22-16-5-4-13(17(23)24)10-15(12)16/h1-7,9-10H,8H2,(H,23,24). The lowest BCUT2D eigenvalue weighted by molar-refractivity contribution is -0.137. The fourth-order valence-electron chi connectivity index (χ4n) is 2.57. The van der Waals surface area contributed by atoms with Crippen LogP contribution in [0.4, 0.5) is 13.2 Å². The monoisotopic (exact) mass is 331 g/mol. The van der Waals surface area contributed by atoms with Gasteiger partial charge in [-0.3, -0.25) is 4.98 Å². The van der Waals surface area contributed by atoms with Gasteiger partial charge in [0.25, 0.3) is 0 Å². The molecule has 6 heteroatoms. The highest BCUT2D eigenvalue weighted by Gasteiger charge is 2.30. The Kier molecular flexibility index (Phi) is 3.97. The van der Waals surface area contributed by atoms with E-state index < -0.39 is 17.7 Å². The van der Waals surface area contributed by atoms with Crippen LogP contribution in [0, 0.1) is 0 Å². The van der Waals surface area contributed by atoms with Crippen LogP contribution >= 0.6 is 0 Å². The predicted octanol–water partition coefficient (Wildman–Crippen LogP) is 4.54. The van der Waals surface area contributed by atoms with Crippen molar-refractivity contribution in [2.24, 2.45) is 0 Å². The zero-order valence-corrected chi connectivity index (χ0v) is 12.3. The number of hydrogen-bond donors (Lipinski definition) is 1. The second-order valence-electron chi connectivity index (χ2n) is 5.38. The maximum atomic E-state index is 12.8. The number of aromatic carboxylic acids is 1. The van der Waals surface area contributed by atoms with Crippen LogP contribution in [0.3, 0.4) is 0 Å². The SMILES string of the molecule is O=C(O)c1ccc2nccc(Cc3cccc(C(F)(F)F)c3)c2c1. The average molecular weight is 331 g/mol. The molecule has 0 fully saturated rings. The molecule has 2 aromatic carbocycles. The van der Waals surface area contributed by atoms with Gasteiger partial charge in [-0.1, -0.05) is 18.2 Å². The first-order chi connectivity index (χ1) is 11.3. The molecule has 0 amide bonds. The Morgan fingerprint density at radius 3 is 2.58 bits per heavy atom. The quantitative estimate of drug-likeness (QED) is 0.766. The molecule has 1 heterocycles. The molecular formula is C18H12F3NO2. The second-order valence-corrected chi connectivity index (χ2v) is 5.38. The van der Waals surface area contributed by atoms with E-state index in [1.165, 1.54) is 18.2 Å². The summed E-state index contributed by atoms with van der Waals surface area (Å²) >= 11 is 0. The molecule has 0 radical (unpaired) electrons. The highest BCUT2D eigenvalue weighted by Crippen LogP contribution is 2.30. The van der Waals surface area contributed by atoms with Crippen molar-refractivity contribution in [2.75, 3.05) is 0 Å². The Labute approximate surface area is 135 Å². The summed E-state index contributed by atoms with van der Waals surface area (Å²) in [6, 6.07) is 11.3. The van der Waals surface area contributed by atoms with Gasteiger partial charge in [-0.25, -0.2) is 4.79 Å². The van der Waals surface area contributed by atoms with Crippen molar-refractivity contribution in [3.8, 4) is 0 Å². The Morgan fingerprint density at radius 1 is 1.08 bits per heavy atom. The average Bonchev–Trinajstić information content (AvgIpc) is 2.54. The summed E-state index contributed by atoms with van der Waals surface area (Å²) < 4.78 is 38.5. The smallest absolute Gasteiger partial charge is 0.416 e. The number of rotatable bonds is 3. The molecule has 0 bridgehead atoms. The molecule has 122 valence electrons. The lowest BCUT2D eigenvalue weighted by atomic mass is 9.98. The third kappa shape index (κ3) is 3.22. The van der Waals surface area contributed by atoms with Crippen molar-refractivity contribution >= 4 is 16.9 Å². The van der Waals surface area contributed by atoms with Crippen molar-refractivity contribution in [3.05, 3.63) is 77.0 Å². The number of carboxylic acids is 1. The minimum Gasteiger partial charge on any atom is -0.478 e. The molecule has 1 aromatic heterocycles. The summed E-state index contributed by atoms with van der Waals surface area (Å²) in [4.78, 5) is 15.3. The van der Waals surface area contributed by atoms with Gasteiger partial charge in [0.2, 0.25) is 0 Å². The number of carboxylic acid groups (broad SMARTS) is 1. The van der Waals surface area contributed by atoms with E-state index in [4.69, 9.17) is 5.11 Å². The zero-order valence-electron chi connectivity index (χ0n) is 12.3. The fourth-order valence-corrected chi connectivity index (χ4v) is 2.57. The van der Waals surface area contributed by atoms with Crippen molar-refractivity contribution in [1.29, 1.82) is 0 Å². The summed E-state index contributed by atoms with van der Waals surface area (Å²) in [6.45, 7) is 0. The number of halogens is 3. The second kappa shape index (κ2) is 5.96. The summed E-state index contributed by atoms with van der Waals surface area (Å²) in [6.07, 6.45) is -2.58. The van der Waals surface area contributed by atoms with Crippen LogP contribution in [0.1, 0.15) is 27.0 Å². The van der Waals surface area contributed by atoms with E-state index >= 15 is 0 Å². The van der Waals surface area contributed by atoms with Crippen molar-refractivity contribution in [3.63, 3.8) is 0 Å². The molecule has 0 saturated carbocycles. The van der Waals surface area contributed by atoms with E-state index in [1.807, 2.05) is 0 Å². The molecule has 0 spiro atoms. The number of benzene rings is 2. The minimum atomic E-state index is -4.40. The third-order valence-corrected chi connectivity index (χ3v) is 3.73. The maximum absolute atomic E-state index is 12.8. The number of fused-ring (bicyclic) bond motifs is 1. The molecule has 0 aliphatic carbocycles. The first-order valence-corrected chi connectivity index (χ1v) is 7.11. The van der Waals surface area contributed by atoms with E-state index in [-0.39, 0.29) is 12.0 Å². The molecule has 0 aliphatic rings. The summed E-state index contributed by atoms with van der Waals surface area (Å²) in [7, 11) is 0. The van der Waals surface area contributed by atoms with E-state index in [1.54, 1.807) is 24.4 Å². The largest absolute Gasteiger partial charge is 0.478 e. The van der Waals surface area contributed by atoms with Crippen molar-refractivity contribution in [2.45, 2.75) is 12.6 Å². The Morgan fingerprint density at radius 2 is 1.88 bits per heavy atom. The van der Waals surface area contributed by atoms with Gasteiger partial charge in [0, 0.05) is 11.6 Å². The molecule has 24 heavy (non-hydrogen) atoms. The van der Waals surface area contributed by atoms with Crippen LogP contribution in [-0.2, 0) is 12.6 Å². The van der Waals surface area contributed by atoms with E-state index in [2.05, 4.69) is 4.98 Å². The first kappa shape index (κ1) is 16.0. The Balaban J connectivity index is 2.04. The molecule has 3 nitrogen and oxygen atoms in total. The number of hydrogen-bond acceptors (Lipinski definition) is 2. The molecule has 3 aromatic rings. The molecule has 0 aliphatic heterocycles. The van der Waals surface area contributed by atoms with Gasteiger partial charge in [-0.05, 0) is 47.9 Å². The van der Waals surface area contributed by atoms with Gasteiger partial charge in [0.05, 0.1) is 16.6 Å². The van der Waals surface area contributed by atoms with E-state index in [0.29, 0.717) is 16.5 Å². The first-order valence-electron chi connectivity index (χ1n) is 7.11. The number of aromatic nitrogens is 1. The maximum Gasteiger partial charge on any atom is 0.416 e. The van der Waals surface area contributed by atoms with E-state index in [0.717, 1.165) is 17.7 Å². The number of nitrogens with zero attached hydrogens (tertiary/aromatic N) is 1. The topological polar surface area (TPSA) is 50.2 Å². The van der Waals surface area contributed by atoms with Crippen LogP contribution in [0.15, 0.2) is 54.7 Å². The minimum absolute atomic E-state index is 0.112. The van der Waals surface area contributed by atoms with Gasteiger partial charge in [0.15, 0.2) is 0 Å². The lowest BCUT2D eigenvalue weighted by Gasteiger charge is -2.10. The lowest BCUT2D eigenvalue weighted by Crippen LogP contribution is -2.05. The molecule has 1 N–H and O–H groups in total. The molecule has 0 unspecified atom stereocenters. The number of pyridine rings is 1. The number of alkyl halides is 3. The molecule has 0 atom stereocenters. The van der Waals surface area contributed by atoms with Crippen molar-refractivity contribution in [1.82, 2.24) is 4.98 Å². The van der Waals surface area contributed by atoms with E-state index in [9.17, 15) is 18.0 Å². The number of carbonyl (C=O) groups is 1. The van der Waals surface area contributed by atoms with Gasteiger partial charge < -0.3 is 5.11 Å². The Hall–Kier alpha value is -2.89. The van der Waals surface area contributed by atoms with Crippen LogP contribution in [0.2, 0.25) is 0 Å². The summed E-state index contributed by atoms with van der Waals surface area (Å²) in [5.41, 5.74) is 1.23. The molecular weight excluding hydrogens is 319 g/mol. The summed E-state index contributed by atoms with van der Waals surface area (Å²) in [5.74, 6) is -1.06. The normalized spacial score (nSPS) is 11.6. The highest BCUT2D eigenvalue weighted by molar-refractivity contribution is 5.94. The van der Waals surface area contributed by atoms with Gasteiger partial charge in [-0.2, -0.15) is 13.2 Å². The molecule has 0 saturated heterocycles. The van der Waals surface area contributed by atoms with Crippen LogP contribution in [0.25, 0.3) is 10.9 Å². The van der Waals surface area contributed by atoms with Gasteiger partial charge in [-0.15, -0.1) is 0 Å². The summed E-state index contributed by atoms with van der Waals surface area (Å²) in [5, 5.41) is 9.73. The van der Waals surface area contributed by atoms with Gasteiger partial charge >= 0.3 is 12.1 Å². The van der Waals surface area contributed by atoms with Crippen molar-refractivity contribution < 1.29 is 23.1 Å². The predicted molar refractivity (Wildman–Crippen MR) is 83.0 cm³/mol. The van der Waals surface area contributed by atoms with Crippen LogP contribution in [0.5, 0.6) is 0 Å². The Bertz CT molecular complexity index is 920. The fraction of sp³-hybridized carbons (Fsp3) is 0.111. The van der Waals surface area contributed by atoms with Gasteiger partial charge in [0.1, 0.15) is 0 Å². The van der Waals surface area contributed by atoms with Crippen LogP contribution in [-0.4, -0.2) is 16.1 Å². The highest BCUT2D eigenvalue weighted by atomic mass is 19.4.